The number of thiazole rings is 2. The molecule has 0 aliphatic carbocycles. The van der Waals surface area contributed by atoms with E-state index >= 15 is 0 Å². The summed E-state index contributed by atoms with van der Waals surface area (Å²) in [6, 6.07) is -0.833. The summed E-state index contributed by atoms with van der Waals surface area (Å²) in [5, 5.41) is 4.70. The minimum atomic E-state index is -0.543. The Morgan fingerprint density at radius 1 is 0.912 bits per heavy atom. The van der Waals surface area contributed by atoms with Crippen LogP contribution in [0.25, 0.3) is 0 Å². The van der Waals surface area contributed by atoms with Crippen molar-refractivity contribution in [1.29, 1.82) is 0 Å². The van der Waals surface area contributed by atoms with Crippen LogP contribution < -0.4 is 28.3 Å². The topological polar surface area (TPSA) is 176 Å². The largest absolute Gasteiger partial charge is 0.365 e. The predicted molar refractivity (Wildman–Crippen MR) is 139 cm³/mol. The van der Waals surface area contributed by atoms with E-state index < -0.39 is 11.9 Å². The van der Waals surface area contributed by atoms with Gasteiger partial charge in [-0.1, -0.05) is 20.3 Å². The molecule has 0 aliphatic heterocycles. The van der Waals surface area contributed by atoms with Crippen LogP contribution >= 0.6 is 22.7 Å². The van der Waals surface area contributed by atoms with Crippen LogP contribution in [0.1, 0.15) is 106 Å². The number of nitrogens with two attached hydrogens (primary N) is 4. The van der Waals surface area contributed by atoms with E-state index in [1.54, 1.807) is 6.92 Å². The van der Waals surface area contributed by atoms with E-state index in [2.05, 4.69) is 24.1 Å². The van der Waals surface area contributed by atoms with Gasteiger partial charge < -0.3 is 28.3 Å². The number of hydrogen-bond donors (Lipinski definition) is 5. The highest BCUT2D eigenvalue weighted by Gasteiger charge is 2.27. The van der Waals surface area contributed by atoms with Crippen molar-refractivity contribution in [2.24, 2.45) is 28.9 Å². The summed E-state index contributed by atoms with van der Waals surface area (Å²) in [5.74, 6) is -0.399. The summed E-state index contributed by atoms with van der Waals surface area (Å²) < 4.78 is 0. The van der Waals surface area contributed by atoms with Gasteiger partial charge in [0.05, 0.1) is 27.4 Å². The third kappa shape index (κ3) is 8.09. The summed E-state index contributed by atoms with van der Waals surface area (Å²) in [5.41, 5.74) is 24.3. The molecule has 2 aromatic rings. The molecule has 0 saturated heterocycles. The molecule has 9 nitrogen and oxygen atoms in total. The van der Waals surface area contributed by atoms with Crippen LogP contribution in [-0.4, -0.2) is 34.9 Å². The number of nitrogens with zero attached hydrogens (tertiary/aromatic N) is 2. The lowest BCUT2D eigenvalue weighted by molar-refractivity contribution is 0.0936. The van der Waals surface area contributed by atoms with Crippen LogP contribution in [0.5, 0.6) is 0 Å². The quantitative estimate of drug-likeness (QED) is 0.229. The summed E-state index contributed by atoms with van der Waals surface area (Å²) in [4.78, 5) is 35.6. The van der Waals surface area contributed by atoms with E-state index in [1.165, 1.54) is 22.7 Å². The molecule has 0 radical (unpaired) electrons. The zero-order chi connectivity index (χ0) is 25.3. The number of aryl methyl sites for hydroxylation is 1. The van der Waals surface area contributed by atoms with Crippen molar-refractivity contribution in [1.82, 2.24) is 15.3 Å². The monoisotopic (exact) mass is 509 g/mol. The van der Waals surface area contributed by atoms with E-state index in [-0.39, 0.29) is 11.9 Å². The van der Waals surface area contributed by atoms with Crippen LogP contribution in [0.4, 0.5) is 0 Å². The van der Waals surface area contributed by atoms with Crippen molar-refractivity contribution >= 4 is 34.5 Å². The van der Waals surface area contributed by atoms with Crippen molar-refractivity contribution in [3.63, 3.8) is 0 Å². The minimum absolute atomic E-state index is 0.266. The van der Waals surface area contributed by atoms with Crippen molar-refractivity contribution < 1.29 is 9.59 Å². The molecule has 2 amide bonds. The minimum Gasteiger partial charge on any atom is -0.365 e. The average molecular weight is 510 g/mol. The molecule has 11 heteroatoms. The van der Waals surface area contributed by atoms with Crippen LogP contribution in [0.3, 0.4) is 0 Å². The molecule has 34 heavy (non-hydrogen) atoms. The molecule has 2 aromatic heterocycles. The number of hydrogen-bond acceptors (Lipinski definition) is 9. The molecule has 0 unspecified atom stereocenters. The summed E-state index contributed by atoms with van der Waals surface area (Å²) >= 11 is 2.66. The van der Waals surface area contributed by atoms with Gasteiger partial charge in [0.1, 0.15) is 9.75 Å². The fraction of sp³-hybridized carbons (Fsp3) is 0.652. The van der Waals surface area contributed by atoms with Gasteiger partial charge in [-0.2, -0.15) is 0 Å². The van der Waals surface area contributed by atoms with Crippen molar-refractivity contribution in [3.05, 3.63) is 31.2 Å². The Bertz CT molecular complexity index is 942. The van der Waals surface area contributed by atoms with Gasteiger partial charge in [-0.05, 0) is 58.0 Å². The molecule has 0 aliphatic rings. The average Bonchev–Trinajstić information content (AvgIpc) is 3.38. The second-order valence-electron chi connectivity index (χ2n) is 8.94. The molecule has 2 rings (SSSR count). The summed E-state index contributed by atoms with van der Waals surface area (Å²) in [6.45, 7) is 7.25. The van der Waals surface area contributed by atoms with Crippen molar-refractivity contribution in [3.8, 4) is 0 Å². The van der Waals surface area contributed by atoms with Gasteiger partial charge in [0.25, 0.3) is 11.8 Å². The Labute approximate surface area is 210 Å². The van der Waals surface area contributed by atoms with Crippen molar-refractivity contribution in [2.45, 2.75) is 77.8 Å². The molecule has 0 saturated carbocycles. The van der Waals surface area contributed by atoms with E-state index in [1.807, 2.05) is 0 Å². The van der Waals surface area contributed by atoms with Crippen LogP contribution in [0.2, 0.25) is 0 Å². The maximum atomic E-state index is 13.3. The highest BCUT2D eigenvalue weighted by Crippen LogP contribution is 2.29. The zero-order valence-corrected chi connectivity index (χ0v) is 22.1. The van der Waals surface area contributed by atoms with E-state index in [9.17, 15) is 9.59 Å². The predicted octanol–water partition coefficient (Wildman–Crippen LogP) is 2.80. The van der Waals surface area contributed by atoms with Gasteiger partial charge in [-0.25, -0.2) is 9.97 Å². The Balaban J connectivity index is 2.24. The lowest BCUT2D eigenvalue weighted by Gasteiger charge is -2.15. The Kier molecular flexibility index (Phi) is 11.5. The number of carbonyl (C=O) groups is 2. The fourth-order valence-corrected chi connectivity index (χ4v) is 5.88. The third-order valence-corrected chi connectivity index (χ3v) is 7.57. The molecular weight excluding hydrogens is 470 g/mol. The first-order valence-corrected chi connectivity index (χ1v) is 13.6. The van der Waals surface area contributed by atoms with Crippen LogP contribution in [0.15, 0.2) is 0 Å². The number of amides is 2. The summed E-state index contributed by atoms with van der Waals surface area (Å²) in [7, 11) is 0. The lowest BCUT2D eigenvalue weighted by Crippen LogP contribution is -2.29. The number of rotatable bonds is 15. The van der Waals surface area contributed by atoms with E-state index in [0.29, 0.717) is 46.6 Å². The Morgan fingerprint density at radius 3 is 2.15 bits per heavy atom. The molecule has 9 N–H and O–H groups in total. The molecule has 0 spiro atoms. The van der Waals surface area contributed by atoms with Gasteiger partial charge in [-0.15, -0.1) is 22.7 Å². The maximum absolute atomic E-state index is 13.3. The van der Waals surface area contributed by atoms with E-state index in [0.717, 1.165) is 48.5 Å². The van der Waals surface area contributed by atoms with Crippen LogP contribution in [-0.2, 0) is 12.8 Å². The zero-order valence-electron chi connectivity index (χ0n) is 20.4. The molecular formula is C23H39N7O2S2. The first kappa shape index (κ1) is 28.3. The van der Waals surface area contributed by atoms with E-state index in [4.69, 9.17) is 27.9 Å². The van der Waals surface area contributed by atoms with Gasteiger partial charge in [0, 0.05) is 12.5 Å². The standard InChI is InChI=1S/C23H39N7O2S2/c1-13(2)12-17-30-19(15(26)8-4-6-10-24)21(34-17)23(32)28-14(3)18-20(22(27)31)33-16(29-18)9-5-7-11-25/h13-15H,4-12,24-26H2,1-3H3,(H2,27,31)(H,28,32)/t14-,15-/m0/s1. The molecule has 2 atom stereocenters. The number of aromatic nitrogens is 2. The van der Waals surface area contributed by atoms with Crippen molar-refractivity contribution in [2.75, 3.05) is 13.1 Å². The normalized spacial score (nSPS) is 13.3. The molecule has 0 aromatic carbocycles. The molecule has 0 fully saturated rings. The maximum Gasteiger partial charge on any atom is 0.263 e. The third-order valence-electron chi connectivity index (χ3n) is 5.33. The Hall–Kier alpha value is -1.92. The smallest absolute Gasteiger partial charge is 0.263 e. The van der Waals surface area contributed by atoms with Gasteiger partial charge in [0.2, 0.25) is 0 Å². The first-order chi connectivity index (χ1) is 16.2. The SMILES string of the molecule is CC(C)Cc1nc([C@@H](N)CCCCN)c(C(=O)N[C@@H](C)c2nc(CCCCN)sc2C(N)=O)s1. The number of primary amides is 1. The number of carbonyl (C=O) groups excluding carboxylic acids is 2. The second-order valence-corrected chi connectivity index (χ2v) is 11.1. The molecule has 2 heterocycles. The lowest BCUT2D eigenvalue weighted by atomic mass is 10.1. The fourth-order valence-electron chi connectivity index (χ4n) is 3.58. The molecule has 0 bridgehead atoms. The van der Waals surface area contributed by atoms with Gasteiger partial charge in [0.15, 0.2) is 0 Å². The Morgan fingerprint density at radius 2 is 1.53 bits per heavy atom. The van der Waals surface area contributed by atoms with Gasteiger partial charge >= 0.3 is 0 Å². The highest BCUT2D eigenvalue weighted by molar-refractivity contribution is 7.14. The highest BCUT2D eigenvalue weighted by atomic mass is 32.1. The first-order valence-electron chi connectivity index (χ1n) is 11.9. The van der Waals surface area contributed by atoms with Gasteiger partial charge in [-0.3, -0.25) is 9.59 Å². The van der Waals surface area contributed by atoms with Crippen LogP contribution in [0, 0.1) is 5.92 Å². The second kappa shape index (κ2) is 13.8. The number of unbranched alkanes of at least 4 members (excludes halogenated alkanes) is 2. The summed E-state index contributed by atoms with van der Waals surface area (Å²) in [6.07, 6.45) is 5.72. The number of nitrogens with one attached hydrogen (secondary N) is 1. The molecule has 190 valence electrons.